The van der Waals surface area contributed by atoms with Gasteiger partial charge in [0.2, 0.25) is 5.82 Å². The Morgan fingerprint density at radius 3 is 2.48 bits per heavy atom. The number of carboxylic acids is 1. The zero-order chi connectivity index (χ0) is 18.4. The number of imidazole rings is 1. The number of carbonyl (C=O) groups is 2. The van der Waals surface area contributed by atoms with Crippen molar-refractivity contribution in [2.24, 2.45) is 5.73 Å². The third-order valence-corrected chi connectivity index (χ3v) is 3.47. The molecule has 0 atom stereocenters. The van der Waals surface area contributed by atoms with E-state index in [1.807, 2.05) is 0 Å². The molecule has 0 aliphatic heterocycles. The first-order valence-electron chi connectivity index (χ1n) is 6.76. The van der Waals surface area contributed by atoms with E-state index in [2.05, 4.69) is 9.97 Å². The van der Waals surface area contributed by atoms with Gasteiger partial charge in [0.25, 0.3) is 5.91 Å². The van der Waals surface area contributed by atoms with Gasteiger partial charge in [-0.3, -0.25) is 14.2 Å². The van der Waals surface area contributed by atoms with Crippen LogP contribution >= 0.6 is 0 Å². The van der Waals surface area contributed by atoms with Gasteiger partial charge in [0.05, 0.1) is 17.3 Å². The van der Waals surface area contributed by atoms with Crippen molar-refractivity contribution in [1.29, 1.82) is 0 Å². The van der Waals surface area contributed by atoms with Crippen LogP contribution in [0.1, 0.15) is 26.7 Å². The number of carboxylic acid groups (broad SMARTS) is 1. The van der Waals surface area contributed by atoms with Crippen LogP contribution in [-0.2, 0) is 6.18 Å². The summed E-state index contributed by atoms with van der Waals surface area (Å²) in [4.78, 5) is 29.4. The number of rotatable bonds is 3. The van der Waals surface area contributed by atoms with Gasteiger partial charge in [-0.2, -0.15) is 13.2 Å². The second kappa shape index (κ2) is 5.58. The summed E-state index contributed by atoms with van der Waals surface area (Å²) < 4.78 is 40.9. The van der Waals surface area contributed by atoms with Crippen LogP contribution in [0.2, 0.25) is 0 Å². The van der Waals surface area contributed by atoms with Crippen LogP contribution in [0.3, 0.4) is 0 Å². The minimum Gasteiger partial charge on any atom is -0.478 e. The number of aromatic carboxylic acids is 1. The average Bonchev–Trinajstić information content (AvgIpc) is 2.96. The summed E-state index contributed by atoms with van der Waals surface area (Å²) in [6.07, 6.45) is -1.52. The van der Waals surface area contributed by atoms with Crippen molar-refractivity contribution in [2.45, 2.75) is 6.18 Å². The largest absolute Gasteiger partial charge is 0.478 e. The van der Waals surface area contributed by atoms with Crippen molar-refractivity contribution in [3.8, 4) is 11.1 Å². The smallest absolute Gasteiger partial charge is 0.433 e. The van der Waals surface area contributed by atoms with E-state index in [0.29, 0.717) is 11.7 Å². The molecule has 0 radical (unpaired) electrons. The minimum atomic E-state index is -4.77. The summed E-state index contributed by atoms with van der Waals surface area (Å²) in [7, 11) is 0. The van der Waals surface area contributed by atoms with E-state index in [1.54, 1.807) is 0 Å². The molecule has 0 fully saturated rings. The molecule has 0 aliphatic carbocycles. The van der Waals surface area contributed by atoms with E-state index >= 15 is 0 Å². The molecule has 3 N–H and O–H groups in total. The molecule has 3 aromatic heterocycles. The molecule has 0 spiro atoms. The fraction of sp³-hybridized carbons (Fsp3) is 0.0667. The molecule has 1 amide bonds. The Kier molecular flexibility index (Phi) is 3.67. The number of aromatic nitrogens is 3. The first-order chi connectivity index (χ1) is 11.7. The Balaban J connectivity index is 2.24. The molecule has 0 unspecified atom stereocenters. The summed E-state index contributed by atoms with van der Waals surface area (Å²) in [5.41, 5.74) is 3.57. The van der Waals surface area contributed by atoms with Crippen molar-refractivity contribution in [3.05, 3.63) is 53.9 Å². The number of amides is 1. The van der Waals surface area contributed by atoms with Gasteiger partial charge in [0, 0.05) is 18.0 Å². The van der Waals surface area contributed by atoms with E-state index in [4.69, 9.17) is 10.8 Å². The fourth-order valence-electron chi connectivity index (χ4n) is 2.38. The summed E-state index contributed by atoms with van der Waals surface area (Å²) in [6, 6.07) is 3.52. The van der Waals surface area contributed by atoms with E-state index in [1.165, 1.54) is 28.9 Å². The predicted molar refractivity (Wildman–Crippen MR) is 78.9 cm³/mol. The first kappa shape index (κ1) is 16.4. The number of nitrogens with zero attached hydrogens (tertiary/aromatic N) is 3. The lowest BCUT2D eigenvalue weighted by Gasteiger charge is -2.13. The Labute approximate surface area is 137 Å². The average molecular weight is 350 g/mol. The molecule has 0 bridgehead atoms. The van der Waals surface area contributed by atoms with Gasteiger partial charge >= 0.3 is 12.1 Å². The van der Waals surface area contributed by atoms with E-state index in [9.17, 15) is 22.8 Å². The van der Waals surface area contributed by atoms with Crippen LogP contribution in [0.5, 0.6) is 0 Å². The van der Waals surface area contributed by atoms with Crippen LogP contribution < -0.4 is 5.73 Å². The van der Waals surface area contributed by atoms with E-state index < -0.39 is 29.3 Å². The van der Waals surface area contributed by atoms with Gasteiger partial charge in [-0.05, 0) is 23.8 Å². The maximum absolute atomic E-state index is 13.2. The number of pyridine rings is 2. The third-order valence-electron chi connectivity index (χ3n) is 3.47. The third kappa shape index (κ3) is 2.89. The van der Waals surface area contributed by atoms with Gasteiger partial charge in [0.1, 0.15) is 0 Å². The van der Waals surface area contributed by atoms with Gasteiger partial charge < -0.3 is 10.8 Å². The lowest BCUT2D eigenvalue weighted by molar-refractivity contribution is -0.140. The number of carbonyl (C=O) groups excluding carboxylic acids is 1. The topological polar surface area (TPSA) is 111 Å². The number of halogens is 3. The number of hydrogen-bond acceptors (Lipinski definition) is 4. The van der Waals surface area contributed by atoms with Crippen LogP contribution in [-0.4, -0.2) is 31.4 Å². The molecule has 0 aliphatic rings. The van der Waals surface area contributed by atoms with Crippen molar-refractivity contribution in [1.82, 2.24) is 14.4 Å². The second-order valence-corrected chi connectivity index (χ2v) is 5.08. The number of fused-ring (bicyclic) bond motifs is 1. The molecule has 0 saturated heterocycles. The Morgan fingerprint density at radius 2 is 1.88 bits per heavy atom. The molecular formula is C15H9F3N4O3. The molecule has 0 saturated carbocycles. The van der Waals surface area contributed by atoms with Crippen LogP contribution in [0.15, 0.2) is 36.8 Å². The standard InChI is InChI=1S/C15H9F3N4O3/c16-15(17,18)11-10(4-8(5-20-11)14(24)25)7-1-2-22-9(3-7)6-21-13(22)12(19)23/h1-6H,(H2,19,23)(H,24,25). The maximum atomic E-state index is 13.2. The quantitative estimate of drug-likeness (QED) is 0.752. The van der Waals surface area contributed by atoms with Gasteiger partial charge in [-0.1, -0.05) is 0 Å². The van der Waals surface area contributed by atoms with Crippen LogP contribution in [0.25, 0.3) is 16.6 Å². The Morgan fingerprint density at radius 1 is 1.16 bits per heavy atom. The number of alkyl halides is 3. The highest BCUT2D eigenvalue weighted by molar-refractivity contribution is 5.91. The summed E-state index contributed by atoms with van der Waals surface area (Å²) in [5.74, 6) is -2.27. The number of nitrogens with two attached hydrogens (primary N) is 1. The summed E-state index contributed by atoms with van der Waals surface area (Å²) in [6.45, 7) is 0. The molecule has 3 heterocycles. The second-order valence-electron chi connectivity index (χ2n) is 5.08. The molecule has 25 heavy (non-hydrogen) atoms. The molecule has 3 rings (SSSR count). The molecule has 7 nitrogen and oxygen atoms in total. The van der Waals surface area contributed by atoms with Crippen molar-refractivity contribution in [2.75, 3.05) is 0 Å². The van der Waals surface area contributed by atoms with Crippen LogP contribution in [0, 0.1) is 0 Å². The highest BCUT2D eigenvalue weighted by Gasteiger charge is 2.36. The highest BCUT2D eigenvalue weighted by Crippen LogP contribution is 2.36. The molecule has 10 heteroatoms. The summed E-state index contributed by atoms with van der Waals surface area (Å²) >= 11 is 0. The Hall–Kier alpha value is -3.43. The van der Waals surface area contributed by atoms with E-state index in [-0.39, 0.29) is 17.0 Å². The molecule has 3 aromatic rings. The van der Waals surface area contributed by atoms with Crippen LogP contribution in [0.4, 0.5) is 13.2 Å². The monoisotopic (exact) mass is 350 g/mol. The van der Waals surface area contributed by atoms with E-state index in [0.717, 1.165) is 6.07 Å². The first-order valence-corrected chi connectivity index (χ1v) is 6.76. The fourth-order valence-corrected chi connectivity index (χ4v) is 2.38. The van der Waals surface area contributed by atoms with Crippen molar-refractivity contribution >= 4 is 17.4 Å². The summed E-state index contributed by atoms with van der Waals surface area (Å²) in [5, 5.41) is 9.00. The SMILES string of the molecule is NC(=O)c1ncc2cc(-c3cc(C(=O)O)cnc3C(F)(F)F)ccn12. The molecule has 128 valence electrons. The predicted octanol–water partition coefficient (Wildman–Crippen LogP) is 2.21. The van der Waals surface area contributed by atoms with Gasteiger partial charge in [0.15, 0.2) is 5.69 Å². The zero-order valence-electron chi connectivity index (χ0n) is 12.3. The van der Waals surface area contributed by atoms with Gasteiger partial charge in [-0.25, -0.2) is 9.78 Å². The van der Waals surface area contributed by atoms with Crippen molar-refractivity contribution in [3.63, 3.8) is 0 Å². The van der Waals surface area contributed by atoms with Gasteiger partial charge in [-0.15, -0.1) is 0 Å². The lowest BCUT2D eigenvalue weighted by atomic mass is 10.0. The molecule has 0 aromatic carbocycles. The number of primary amides is 1. The van der Waals surface area contributed by atoms with Crippen molar-refractivity contribution < 1.29 is 27.9 Å². The Bertz CT molecular complexity index is 1010. The zero-order valence-corrected chi connectivity index (χ0v) is 12.3. The maximum Gasteiger partial charge on any atom is 0.433 e. The normalized spacial score (nSPS) is 11.6. The number of hydrogen-bond donors (Lipinski definition) is 2. The highest BCUT2D eigenvalue weighted by atomic mass is 19.4. The lowest BCUT2D eigenvalue weighted by Crippen LogP contribution is -2.15. The molecular weight excluding hydrogens is 341 g/mol. The minimum absolute atomic E-state index is 0.0741.